The number of anilines is 1. The van der Waals surface area contributed by atoms with Gasteiger partial charge in [0.15, 0.2) is 0 Å². The molecule has 5 heteroatoms. The molecule has 146 valence electrons. The Morgan fingerprint density at radius 1 is 1.00 bits per heavy atom. The lowest BCUT2D eigenvalue weighted by atomic mass is 10.2. The molecule has 27 heavy (non-hydrogen) atoms. The van der Waals surface area contributed by atoms with Crippen molar-refractivity contribution in [1.82, 2.24) is 4.90 Å². The fourth-order valence-corrected chi connectivity index (χ4v) is 3.40. The van der Waals surface area contributed by atoms with E-state index in [1.807, 2.05) is 30.3 Å². The second-order valence-corrected chi connectivity index (χ2v) is 6.95. The molecule has 0 amide bonds. The highest BCUT2D eigenvalue weighted by atomic mass is 16.5. The Kier molecular flexibility index (Phi) is 7.51. The summed E-state index contributed by atoms with van der Waals surface area (Å²) < 4.78 is 11.0. The van der Waals surface area contributed by atoms with Crippen LogP contribution in [0, 0.1) is 0 Å². The van der Waals surface area contributed by atoms with Gasteiger partial charge in [-0.3, -0.25) is 4.90 Å². The van der Waals surface area contributed by atoms with E-state index in [0.717, 1.165) is 38.3 Å². The molecule has 0 aromatic heterocycles. The van der Waals surface area contributed by atoms with Crippen molar-refractivity contribution in [1.29, 1.82) is 0 Å². The second kappa shape index (κ2) is 10.3. The van der Waals surface area contributed by atoms with Gasteiger partial charge in [-0.05, 0) is 24.1 Å². The van der Waals surface area contributed by atoms with Gasteiger partial charge in [-0.25, -0.2) is 0 Å². The van der Waals surface area contributed by atoms with Gasteiger partial charge in [-0.2, -0.15) is 0 Å². The maximum absolute atomic E-state index is 10.3. The van der Waals surface area contributed by atoms with Gasteiger partial charge in [0.25, 0.3) is 0 Å². The molecular weight excluding hydrogens is 340 g/mol. The van der Waals surface area contributed by atoms with Crippen LogP contribution in [0.1, 0.15) is 5.56 Å². The third-order valence-electron chi connectivity index (χ3n) is 4.95. The number of rotatable bonds is 9. The van der Waals surface area contributed by atoms with Crippen LogP contribution < -0.4 is 9.64 Å². The van der Waals surface area contributed by atoms with E-state index in [2.05, 4.69) is 34.1 Å². The summed E-state index contributed by atoms with van der Waals surface area (Å²) in [4.78, 5) is 4.67. The van der Waals surface area contributed by atoms with E-state index in [9.17, 15) is 5.11 Å². The van der Waals surface area contributed by atoms with Crippen molar-refractivity contribution < 1.29 is 14.6 Å². The molecule has 1 N–H and O–H groups in total. The second-order valence-electron chi connectivity index (χ2n) is 6.95. The molecule has 2 aromatic carbocycles. The minimum absolute atomic E-state index is 0.392. The number of hydrogen-bond donors (Lipinski definition) is 1. The van der Waals surface area contributed by atoms with Gasteiger partial charge in [0, 0.05) is 44.5 Å². The highest BCUT2D eigenvalue weighted by molar-refractivity contribution is 5.51. The molecule has 1 heterocycles. The van der Waals surface area contributed by atoms with Crippen LogP contribution in [0.2, 0.25) is 0 Å². The van der Waals surface area contributed by atoms with E-state index in [-0.39, 0.29) is 0 Å². The van der Waals surface area contributed by atoms with Crippen molar-refractivity contribution in [2.45, 2.75) is 12.5 Å². The molecule has 1 aliphatic rings. The Bertz CT molecular complexity index is 672. The molecule has 1 unspecified atom stereocenters. The third-order valence-corrected chi connectivity index (χ3v) is 4.95. The molecular formula is C22H30N2O3. The number of nitrogens with zero attached hydrogens (tertiary/aromatic N) is 2. The van der Waals surface area contributed by atoms with Crippen molar-refractivity contribution in [3.63, 3.8) is 0 Å². The van der Waals surface area contributed by atoms with Gasteiger partial charge >= 0.3 is 0 Å². The highest BCUT2D eigenvalue weighted by Crippen LogP contribution is 2.22. The van der Waals surface area contributed by atoms with E-state index in [1.165, 1.54) is 11.3 Å². The van der Waals surface area contributed by atoms with Crippen molar-refractivity contribution in [3.8, 4) is 5.75 Å². The van der Waals surface area contributed by atoms with Crippen molar-refractivity contribution in [2.24, 2.45) is 0 Å². The number of aliphatic hydroxyl groups excluding tert-OH is 1. The van der Waals surface area contributed by atoms with Crippen LogP contribution in [0.5, 0.6) is 5.75 Å². The summed E-state index contributed by atoms with van der Waals surface area (Å²) in [6.07, 6.45) is 0.441. The Hall–Kier alpha value is -2.08. The quantitative estimate of drug-likeness (QED) is 0.687. The molecule has 0 aliphatic carbocycles. The first-order chi connectivity index (χ1) is 13.2. The number of β-amino-alcohol motifs (C(OH)–C–C–N with tert-alkyl or cyclic N) is 1. The average Bonchev–Trinajstić information content (AvgIpc) is 2.72. The van der Waals surface area contributed by atoms with E-state index in [0.29, 0.717) is 19.8 Å². The zero-order chi connectivity index (χ0) is 18.9. The summed E-state index contributed by atoms with van der Waals surface area (Å²) in [5.41, 5.74) is 2.46. The lowest BCUT2D eigenvalue weighted by Crippen LogP contribution is -2.49. The van der Waals surface area contributed by atoms with Gasteiger partial charge in [-0.15, -0.1) is 0 Å². The van der Waals surface area contributed by atoms with Crippen molar-refractivity contribution in [2.75, 3.05) is 57.9 Å². The monoisotopic (exact) mass is 370 g/mol. The zero-order valence-electron chi connectivity index (χ0n) is 16.1. The summed E-state index contributed by atoms with van der Waals surface area (Å²) in [5, 5.41) is 10.3. The molecule has 3 rings (SSSR count). The topological polar surface area (TPSA) is 45.2 Å². The van der Waals surface area contributed by atoms with Crippen LogP contribution in [-0.2, 0) is 11.2 Å². The van der Waals surface area contributed by atoms with Gasteiger partial charge < -0.3 is 19.5 Å². The van der Waals surface area contributed by atoms with Crippen molar-refractivity contribution in [3.05, 3.63) is 60.2 Å². The lowest BCUT2D eigenvalue weighted by molar-refractivity contribution is 0.0168. The number of benzene rings is 2. The molecule has 0 bridgehead atoms. The van der Waals surface area contributed by atoms with E-state index >= 15 is 0 Å². The fraction of sp³-hybridized carbons (Fsp3) is 0.455. The Morgan fingerprint density at radius 2 is 1.78 bits per heavy atom. The molecule has 1 fully saturated rings. The van der Waals surface area contributed by atoms with Crippen LogP contribution in [0.15, 0.2) is 54.6 Å². The first-order valence-electron chi connectivity index (χ1n) is 9.65. The van der Waals surface area contributed by atoms with E-state index in [4.69, 9.17) is 9.47 Å². The van der Waals surface area contributed by atoms with Crippen LogP contribution >= 0.6 is 0 Å². The molecule has 5 nitrogen and oxygen atoms in total. The number of aliphatic hydroxyl groups is 1. The summed E-state index contributed by atoms with van der Waals surface area (Å²) >= 11 is 0. The predicted octanol–water partition coefficient (Wildman–Crippen LogP) is 2.44. The summed E-state index contributed by atoms with van der Waals surface area (Å²) in [6.45, 7) is 5.49. The first kappa shape index (κ1) is 19.7. The van der Waals surface area contributed by atoms with Gasteiger partial charge in [0.05, 0.1) is 26.4 Å². The summed E-state index contributed by atoms with van der Waals surface area (Å²) in [5.74, 6) is 0.887. The fourth-order valence-electron chi connectivity index (χ4n) is 3.40. The Morgan fingerprint density at radius 3 is 2.52 bits per heavy atom. The standard InChI is InChI=1S/C22H30N2O3/c1-26-22-9-5-8-20(16-22)24-13-11-23(12-14-24)17-21(25)18-27-15-10-19-6-3-2-4-7-19/h2-9,16,21,25H,10-15,17-18H2,1H3. The number of methoxy groups -OCH3 is 1. The largest absolute Gasteiger partial charge is 0.497 e. The van der Waals surface area contributed by atoms with Crippen molar-refractivity contribution >= 4 is 5.69 Å². The molecule has 2 aromatic rings. The maximum Gasteiger partial charge on any atom is 0.120 e. The molecule has 0 radical (unpaired) electrons. The first-order valence-corrected chi connectivity index (χ1v) is 9.65. The normalized spacial score (nSPS) is 16.3. The lowest BCUT2D eigenvalue weighted by Gasteiger charge is -2.37. The molecule has 1 atom stereocenters. The van der Waals surface area contributed by atoms with Crippen LogP contribution in [-0.4, -0.2) is 69.2 Å². The van der Waals surface area contributed by atoms with Crippen LogP contribution in [0.3, 0.4) is 0 Å². The van der Waals surface area contributed by atoms with Crippen LogP contribution in [0.4, 0.5) is 5.69 Å². The predicted molar refractivity (Wildman–Crippen MR) is 109 cm³/mol. The summed E-state index contributed by atoms with van der Waals surface area (Å²) in [7, 11) is 1.69. The smallest absolute Gasteiger partial charge is 0.120 e. The maximum atomic E-state index is 10.3. The number of ether oxygens (including phenoxy) is 2. The average molecular weight is 370 g/mol. The van der Waals surface area contributed by atoms with Gasteiger partial charge in [0.1, 0.15) is 5.75 Å². The molecule has 1 aliphatic heterocycles. The van der Waals surface area contributed by atoms with Gasteiger partial charge in [0.2, 0.25) is 0 Å². The van der Waals surface area contributed by atoms with Gasteiger partial charge in [-0.1, -0.05) is 36.4 Å². The van der Waals surface area contributed by atoms with Crippen LogP contribution in [0.25, 0.3) is 0 Å². The van der Waals surface area contributed by atoms with E-state index in [1.54, 1.807) is 7.11 Å². The number of piperazine rings is 1. The summed E-state index contributed by atoms with van der Waals surface area (Å²) in [6, 6.07) is 18.5. The molecule has 1 saturated heterocycles. The molecule has 0 saturated carbocycles. The zero-order valence-corrected chi connectivity index (χ0v) is 16.1. The highest BCUT2D eigenvalue weighted by Gasteiger charge is 2.19. The molecule has 0 spiro atoms. The minimum atomic E-state index is -0.441. The minimum Gasteiger partial charge on any atom is -0.497 e. The Labute approximate surface area is 162 Å². The SMILES string of the molecule is COc1cccc(N2CCN(CC(O)COCCc3ccccc3)CC2)c1. The number of hydrogen-bond acceptors (Lipinski definition) is 5. The van der Waals surface area contributed by atoms with E-state index < -0.39 is 6.10 Å². The Balaban J connectivity index is 1.33. The third kappa shape index (κ3) is 6.24.